The van der Waals surface area contributed by atoms with Crippen LogP contribution in [0.3, 0.4) is 0 Å². The fourth-order valence-corrected chi connectivity index (χ4v) is 4.93. The topological polar surface area (TPSA) is 96.4 Å². The average Bonchev–Trinajstić information content (AvgIpc) is 3.34. The SMILES string of the molecule is CCCCCCCCOc1ccc(Nc2nc(-c3ccc(C(NC(=O)O)C(C)(C)C)nc3)cs2)cc1C(F)(F)F. The van der Waals surface area contributed by atoms with Gasteiger partial charge in [-0.1, -0.05) is 59.8 Å². The van der Waals surface area contributed by atoms with Gasteiger partial charge in [0.25, 0.3) is 0 Å². The van der Waals surface area contributed by atoms with Crippen molar-refractivity contribution >= 4 is 28.2 Å². The quantitative estimate of drug-likeness (QED) is 0.175. The Hall–Kier alpha value is -3.34. The molecule has 1 unspecified atom stereocenters. The van der Waals surface area contributed by atoms with E-state index in [-0.39, 0.29) is 18.0 Å². The maximum atomic E-state index is 13.8. The zero-order valence-corrected chi connectivity index (χ0v) is 24.1. The Bertz CT molecular complexity index is 1240. The predicted molar refractivity (Wildman–Crippen MR) is 152 cm³/mol. The second-order valence-electron chi connectivity index (χ2n) is 10.7. The number of unbranched alkanes of at least 4 members (excludes halogenated alkanes) is 5. The summed E-state index contributed by atoms with van der Waals surface area (Å²) in [6, 6.07) is 6.96. The molecule has 2 aromatic heterocycles. The summed E-state index contributed by atoms with van der Waals surface area (Å²) in [7, 11) is 0. The maximum Gasteiger partial charge on any atom is 0.420 e. The van der Waals surface area contributed by atoms with Crippen molar-refractivity contribution in [2.24, 2.45) is 5.41 Å². The van der Waals surface area contributed by atoms with E-state index in [9.17, 15) is 23.1 Å². The molecule has 218 valence electrons. The number of halogens is 3. The Morgan fingerprint density at radius 1 is 1.07 bits per heavy atom. The molecular formula is C29H37F3N4O3S. The van der Waals surface area contributed by atoms with Crippen LogP contribution in [-0.4, -0.2) is 27.8 Å². The molecule has 11 heteroatoms. The number of hydrogen-bond acceptors (Lipinski definition) is 6. The number of carboxylic acid groups (broad SMARTS) is 1. The smallest absolute Gasteiger partial charge is 0.420 e. The number of benzene rings is 1. The molecule has 3 N–H and O–H groups in total. The minimum atomic E-state index is -4.56. The van der Waals surface area contributed by atoms with Crippen LogP contribution in [0.15, 0.2) is 41.9 Å². The first-order valence-corrected chi connectivity index (χ1v) is 14.3. The molecule has 0 saturated carbocycles. The molecule has 40 heavy (non-hydrogen) atoms. The van der Waals surface area contributed by atoms with E-state index in [1.807, 2.05) is 20.8 Å². The molecule has 1 atom stereocenters. The van der Waals surface area contributed by atoms with Crippen LogP contribution in [-0.2, 0) is 6.18 Å². The van der Waals surface area contributed by atoms with Crippen molar-refractivity contribution in [2.45, 2.75) is 78.4 Å². The van der Waals surface area contributed by atoms with Gasteiger partial charge in [0.05, 0.1) is 29.6 Å². The number of hydrogen-bond donors (Lipinski definition) is 3. The maximum absolute atomic E-state index is 13.8. The summed E-state index contributed by atoms with van der Waals surface area (Å²) >= 11 is 1.25. The number of anilines is 2. The van der Waals surface area contributed by atoms with Gasteiger partial charge in [0.1, 0.15) is 5.75 Å². The summed E-state index contributed by atoms with van der Waals surface area (Å²) in [5.74, 6) is -0.177. The van der Waals surface area contributed by atoms with E-state index >= 15 is 0 Å². The number of amides is 1. The van der Waals surface area contributed by atoms with E-state index in [2.05, 4.69) is 27.5 Å². The Kier molecular flexibility index (Phi) is 10.8. The number of aromatic nitrogens is 2. The first-order chi connectivity index (χ1) is 18.9. The van der Waals surface area contributed by atoms with E-state index in [0.29, 0.717) is 28.5 Å². The molecule has 1 aromatic carbocycles. The fourth-order valence-electron chi connectivity index (χ4n) is 4.19. The predicted octanol–water partition coefficient (Wildman–Crippen LogP) is 9.06. The van der Waals surface area contributed by atoms with Crippen molar-refractivity contribution in [3.8, 4) is 17.0 Å². The number of rotatable bonds is 13. The Morgan fingerprint density at radius 3 is 2.42 bits per heavy atom. The van der Waals surface area contributed by atoms with Crippen molar-refractivity contribution in [1.82, 2.24) is 15.3 Å². The van der Waals surface area contributed by atoms with Crippen LogP contribution in [0, 0.1) is 5.41 Å². The van der Waals surface area contributed by atoms with Crippen LogP contribution in [0.5, 0.6) is 5.75 Å². The molecule has 1 amide bonds. The molecule has 0 bridgehead atoms. The minimum Gasteiger partial charge on any atom is -0.493 e. The number of pyridine rings is 1. The number of alkyl halides is 3. The summed E-state index contributed by atoms with van der Waals surface area (Å²) in [5.41, 5.74) is 0.898. The lowest BCUT2D eigenvalue weighted by atomic mass is 9.84. The van der Waals surface area contributed by atoms with Crippen LogP contribution >= 0.6 is 11.3 Å². The number of ether oxygens (including phenoxy) is 1. The van der Waals surface area contributed by atoms with Crippen LogP contribution in [0.2, 0.25) is 0 Å². The average molecular weight is 579 g/mol. The highest BCUT2D eigenvalue weighted by Crippen LogP contribution is 2.39. The lowest BCUT2D eigenvalue weighted by Gasteiger charge is -2.30. The monoisotopic (exact) mass is 578 g/mol. The second kappa shape index (κ2) is 13.8. The molecule has 0 aliphatic heterocycles. The normalized spacial score (nSPS) is 12.7. The first kappa shape index (κ1) is 31.2. The van der Waals surface area contributed by atoms with E-state index in [1.54, 1.807) is 29.8 Å². The third-order valence-corrected chi connectivity index (χ3v) is 7.07. The van der Waals surface area contributed by atoms with Gasteiger partial charge >= 0.3 is 12.3 Å². The van der Waals surface area contributed by atoms with E-state index in [1.165, 1.54) is 23.8 Å². The van der Waals surface area contributed by atoms with Gasteiger partial charge in [0, 0.05) is 22.8 Å². The van der Waals surface area contributed by atoms with E-state index in [4.69, 9.17) is 4.74 Å². The summed E-state index contributed by atoms with van der Waals surface area (Å²) < 4.78 is 46.8. The second-order valence-corrected chi connectivity index (χ2v) is 11.6. The number of carbonyl (C=O) groups is 1. The first-order valence-electron chi connectivity index (χ1n) is 13.4. The highest BCUT2D eigenvalue weighted by atomic mass is 32.1. The zero-order valence-electron chi connectivity index (χ0n) is 23.3. The van der Waals surface area contributed by atoms with Crippen LogP contribution < -0.4 is 15.4 Å². The molecule has 0 saturated heterocycles. The molecule has 0 fully saturated rings. The van der Waals surface area contributed by atoms with Gasteiger partial charge in [-0.2, -0.15) is 13.2 Å². The van der Waals surface area contributed by atoms with Crippen LogP contribution in [0.1, 0.15) is 83.5 Å². The van der Waals surface area contributed by atoms with Crippen molar-refractivity contribution in [2.75, 3.05) is 11.9 Å². The number of nitrogens with one attached hydrogen (secondary N) is 2. The molecule has 3 rings (SSSR count). The highest BCUT2D eigenvalue weighted by molar-refractivity contribution is 7.14. The van der Waals surface area contributed by atoms with Gasteiger partial charge < -0.3 is 20.5 Å². The molecule has 0 spiro atoms. The number of nitrogens with zero attached hydrogens (tertiary/aromatic N) is 2. The largest absolute Gasteiger partial charge is 0.493 e. The summed E-state index contributed by atoms with van der Waals surface area (Å²) in [5, 5.41) is 16.9. The molecule has 0 aliphatic rings. The van der Waals surface area contributed by atoms with E-state index in [0.717, 1.165) is 31.7 Å². The third-order valence-electron chi connectivity index (χ3n) is 6.31. The molecule has 0 aliphatic carbocycles. The Labute approximate surface area is 237 Å². The summed E-state index contributed by atoms with van der Waals surface area (Å²) in [6.07, 6.45) is 2.06. The van der Waals surface area contributed by atoms with Gasteiger partial charge in [-0.05, 0) is 42.2 Å². The van der Waals surface area contributed by atoms with Crippen molar-refractivity contribution in [1.29, 1.82) is 0 Å². The van der Waals surface area contributed by atoms with Crippen molar-refractivity contribution in [3.63, 3.8) is 0 Å². The van der Waals surface area contributed by atoms with Crippen LogP contribution in [0.4, 0.5) is 28.8 Å². The fraction of sp³-hybridized carbons (Fsp3) is 0.483. The standard InChI is InChI=1S/C29H37F3N4O3S/c1-5-6-7-8-9-10-15-39-24-14-12-20(16-21(24)29(30,31)32)34-26-35-23(18-40-26)19-11-13-22(33-17-19)25(28(2,3)4)36-27(37)38/h11-14,16-18,25,36H,5-10,15H2,1-4H3,(H,34,35)(H,37,38). The molecule has 2 heterocycles. The Morgan fingerprint density at radius 2 is 1.80 bits per heavy atom. The molecule has 3 aromatic rings. The molecular weight excluding hydrogens is 541 g/mol. The van der Waals surface area contributed by atoms with Gasteiger partial charge in [-0.15, -0.1) is 11.3 Å². The van der Waals surface area contributed by atoms with Crippen molar-refractivity contribution < 1.29 is 27.8 Å². The summed E-state index contributed by atoms with van der Waals surface area (Å²) in [4.78, 5) is 20.2. The highest BCUT2D eigenvalue weighted by Gasteiger charge is 2.35. The Balaban J connectivity index is 1.68. The zero-order chi connectivity index (χ0) is 29.3. The van der Waals surface area contributed by atoms with E-state index < -0.39 is 29.3 Å². The van der Waals surface area contributed by atoms with Crippen LogP contribution in [0.25, 0.3) is 11.3 Å². The summed E-state index contributed by atoms with van der Waals surface area (Å²) in [6.45, 7) is 8.13. The third kappa shape index (κ3) is 9.11. The van der Waals surface area contributed by atoms with Gasteiger partial charge in [0.15, 0.2) is 5.13 Å². The lowest BCUT2D eigenvalue weighted by molar-refractivity contribution is -0.138. The number of thiazole rings is 1. The molecule has 0 radical (unpaired) electrons. The van der Waals surface area contributed by atoms with Crippen molar-refractivity contribution in [3.05, 3.63) is 53.2 Å². The minimum absolute atomic E-state index is 0.177. The van der Waals surface area contributed by atoms with Gasteiger partial charge in [0.2, 0.25) is 0 Å². The van der Waals surface area contributed by atoms with Gasteiger partial charge in [-0.3, -0.25) is 4.98 Å². The lowest BCUT2D eigenvalue weighted by Crippen LogP contribution is -2.36. The van der Waals surface area contributed by atoms with Gasteiger partial charge in [-0.25, -0.2) is 9.78 Å². The molecule has 7 nitrogen and oxygen atoms in total.